The molecule has 0 aromatic heterocycles. The molecule has 3 N–H and O–H groups in total. The van der Waals surface area contributed by atoms with Gasteiger partial charge in [0.1, 0.15) is 19.3 Å². The molecule has 17 nitrogen and oxygen atoms in total. The van der Waals surface area contributed by atoms with Crippen LogP contribution in [-0.4, -0.2) is 96.7 Å². The lowest BCUT2D eigenvalue weighted by molar-refractivity contribution is -0.161. The normalized spacial score (nSPS) is 14.5. The maximum atomic E-state index is 13.1. The second-order valence-electron chi connectivity index (χ2n) is 25.6. The fourth-order valence-corrected chi connectivity index (χ4v) is 11.7. The number of aliphatic hydroxyl groups is 1. The number of ether oxygens (including phenoxy) is 4. The van der Waals surface area contributed by atoms with Crippen LogP contribution in [-0.2, 0) is 65.4 Å². The molecular formula is C79H138O17P2. The standard InChI is InChI=1S/C79H138O17P2/c1-5-9-13-17-21-25-29-31-33-35-36-38-40-42-46-48-52-56-60-64-77(82)90-70-75(96-79(84)66-62-58-54-50-44-28-24-20-16-12-8-4)72-94-98(87,88)92-68-73(80)67-91-97(85,86)93-71-74(95-78(83)65-61-57-53-49-43-27-23-19-15-11-7-3)69-89-76(81)63-59-55-51-47-45-41-39-37-34-32-30-26-22-18-14-10-6-2/h10,14,19,21-23,25-26,31-34,36,38-39,41,73-75,80H,5-9,11-13,15-18,20,24,27-30,35,37,40,42-72H2,1-4H3,(H,85,86)(H,87,88)/b14-10-,23-19-,25-21-,26-22-,33-31-,34-32-,38-36-,41-39-. The van der Waals surface area contributed by atoms with E-state index >= 15 is 0 Å². The van der Waals surface area contributed by atoms with E-state index in [1.807, 2.05) is 0 Å². The van der Waals surface area contributed by atoms with Crippen LogP contribution in [0.4, 0.5) is 0 Å². The van der Waals surface area contributed by atoms with Crippen molar-refractivity contribution in [3.05, 3.63) is 97.2 Å². The van der Waals surface area contributed by atoms with E-state index in [4.69, 9.17) is 37.0 Å². The van der Waals surface area contributed by atoms with E-state index in [2.05, 4.69) is 125 Å². The largest absolute Gasteiger partial charge is 0.472 e. The van der Waals surface area contributed by atoms with Crippen molar-refractivity contribution >= 4 is 39.5 Å². The highest BCUT2D eigenvalue weighted by Gasteiger charge is 2.30. The van der Waals surface area contributed by atoms with E-state index < -0.39 is 97.5 Å². The molecule has 566 valence electrons. The summed E-state index contributed by atoms with van der Waals surface area (Å²) in [5.41, 5.74) is 0. The Kier molecular flexibility index (Phi) is 68.4. The van der Waals surface area contributed by atoms with Gasteiger partial charge in [-0.25, -0.2) is 9.13 Å². The second-order valence-corrected chi connectivity index (χ2v) is 28.5. The average molecular weight is 1420 g/mol. The molecule has 0 aromatic rings. The van der Waals surface area contributed by atoms with Crippen LogP contribution in [0, 0.1) is 0 Å². The summed E-state index contributed by atoms with van der Waals surface area (Å²) in [5.74, 6) is -2.21. The molecule has 0 radical (unpaired) electrons. The van der Waals surface area contributed by atoms with Crippen molar-refractivity contribution in [2.75, 3.05) is 39.6 Å². The zero-order valence-electron chi connectivity index (χ0n) is 61.7. The number of carbonyl (C=O) groups excluding carboxylic acids is 4. The Morgan fingerprint density at radius 3 is 0.878 bits per heavy atom. The zero-order valence-corrected chi connectivity index (χ0v) is 63.5. The van der Waals surface area contributed by atoms with Crippen LogP contribution in [0.15, 0.2) is 97.2 Å². The number of phosphoric acid groups is 2. The Balaban J connectivity index is 5.29. The number of phosphoric ester groups is 2. The van der Waals surface area contributed by atoms with Gasteiger partial charge in [-0.05, 0) is 122 Å². The fraction of sp³-hybridized carbons (Fsp3) is 0.747. The van der Waals surface area contributed by atoms with E-state index in [0.29, 0.717) is 25.7 Å². The van der Waals surface area contributed by atoms with Gasteiger partial charge in [-0.15, -0.1) is 0 Å². The number of hydrogen-bond donors (Lipinski definition) is 3. The average Bonchev–Trinajstić information content (AvgIpc) is 0.983. The van der Waals surface area contributed by atoms with Crippen molar-refractivity contribution < 1.29 is 80.2 Å². The monoisotopic (exact) mass is 1420 g/mol. The maximum absolute atomic E-state index is 13.1. The van der Waals surface area contributed by atoms with E-state index in [9.17, 15) is 43.2 Å². The van der Waals surface area contributed by atoms with E-state index in [1.54, 1.807) is 0 Å². The summed E-state index contributed by atoms with van der Waals surface area (Å²) in [5, 5.41) is 10.6. The van der Waals surface area contributed by atoms with Crippen molar-refractivity contribution in [1.29, 1.82) is 0 Å². The Morgan fingerprint density at radius 1 is 0.296 bits per heavy atom. The van der Waals surface area contributed by atoms with Gasteiger partial charge in [0.25, 0.3) is 0 Å². The van der Waals surface area contributed by atoms with Crippen molar-refractivity contribution in [2.45, 2.75) is 341 Å². The highest BCUT2D eigenvalue weighted by atomic mass is 31.2. The first kappa shape index (κ1) is 94.0. The third-order valence-electron chi connectivity index (χ3n) is 16.0. The number of carbonyl (C=O) groups is 4. The highest BCUT2D eigenvalue weighted by molar-refractivity contribution is 7.47. The molecule has 0 amide bonds. The minimum Gasteiger partial charge on any atom is -0.462 e. The molecule has 0 aliphatic carbocycles. The Morgan fingerprint density at radius 2 is 0.541 bits per heavy atom. The first-order valence-corrected chi connectivity index (χ1v) is 41.5. The van der Waals surface area contributed by atoms with Gasteiger partial charge in [0.05, 0.1) is 26.4 Å². The summed E-state index contributed by atoms with van der Waals surface area (Å²) in [7, 11) is -9.95. The number of unbranched alkanes of at least 4 members (excludes halogenated alkanes) is 30. The molecule has 5 atom stereocenters. The SMILES string of the molecule is CC/C=C\C/C=C\C/C=C\C/C=C\CCCCCCC(=O)OCC(COP(=O)(O)OCC(O)COP(=O)(O)OCC(COC(=O)CCCCCCCC/C=C\C/C=C\C/C=C\CCCCC)OC(=O)CCCCCCCCCCCCC)OC(=O)CCCCCCC/C=C\CCCC. The third-order valence-corrected chi connectivity index (χ3v) is 17.9. The van der Waals surface area contributed by atoms with E-state index in [0.717, 1.165) is 173 Å². The van der Waals surface area contributed by atoms with Crippen LogP contribution in [0.2, 0.25) is 0 Å². The number of aliphatic hydroxyl groups excluding tert-OH is 1. The molecule has 0 spiro atoms. The summed E-state index contributed by atoms with van der Waals surface area (Å²) in [6, 6.07) is 0. The van der Waals surface area contributed by atoms with Crippen LogP contribution in [0.3, 0.4) is 0 Å². The minimum absolute atomic E-state index is 0.0789. The summed E-state index contributed by atoms with van der Waals surface area (Å²) < 4.78 is 68.4. The van der Waals surface area contributed by atoms with Crippen molar-refractivity contribution in [2.24, 2.45) is 0 Å². The predicted molar refractivity (Wildman–Crippen MR) is 399 cm³/mol. The molecule has 0 aliphatic rings. The van der Waals surface area contributed by atoms with Crippen molar-refractivity contribution in [3.63, 3.8) is 0 Å². The van der Waals surface area contributed by atoms with Crippen LogP contribution in [0.5, 0.6) is 0 Å². The Bertz CT molecular complexity index is 2240. The first-order chi connectivity index (χ1) is 47.7. The number of rotatable bonds is 72. The van der Waals surface area contributed by atoms with Gasteiger partial charge >= 0.3 is 39.5 Å². The van der Waals surface area contributed by atoms with Gasteiger partial charge in [-0.2, -0.15) is 0 Å². The Labute approximate surface area is 595 Å². The molecule has 19 heteroatoms. The van der Waals surface area contributed by atoms with Crippen LogP contribution in [0.25, 0.3) is 0 Å². The van der Waals surface area contributed by atoms with Crippen LogP contribution >= 0.6 is 15.6 Å². The predicted octanol–water partition coefficient (Wildman–Crippen LogP) is 22.0. The summed E-state index contributed by atoms with van der Waals surface area (Å²) >= 11 is 0. The number of allylic oxidation sites excluding steroid dienone is 16. The minimum atomic E-state index is -4.98. The lowest BCUT2D eigenvalue weighted by Gasteiger charge is -2.21. The molecule has 0 saturated carbocycles. The molecule has 0 saturated heterocycles. The molecule has 5 unspecified atom stereocenters. The molecule has 0 aromatic carbocycles. The second kappa shape index (κ2) is 71.4. The fourth-order valence-electron chi connectivity index (χ4n) is 10.1. The summed E-state index contributed by atoms with van der Waals surface area (Å²) in [6.07, 6.45) is 74.0. The lowest BCUT2D eigenvalue weighted by atomic mass is 10.1. The van der Waals surface area contributed by atoms with E-state index in [-0.39, 0.29) is 25.7 Å². The zero-order chi connectivity index (χ0) is 71.8. The first-order valence-electron chi connectivity index (χ1n) is 38.5. The molecule has 0 fully saturated rings. The van der Waals surface area contributed by atoms with Gasteiger partial charge in [0.2, 0.25) is 0 Å². The smallest absolute Gasteiger partial charge is 0.462 e. The summed E-state index contributed by atoms with van der Waals surface area (Å²) in [4.78, 5) is 72.8. The summed E-state index contributed by atoms with van der Waals surface area (Å²) in [6.45, 7) is 4.65. The maximum Gasteiger partial charge on any atom is 0.472 e. The van der Waals surface area contributed by atoms with Crippen molar-refractivity contribution in [1.82, 2.24) is 0 Å². The van der Waals surface area contributed by atoms with Gasteiger partial charge in [0, 0.05) is 25.7 Å². The molecule has 0 bridgehead atoms. The topological polar surface area (TPSA) is 237 Å². The van der Waals surface area contributed by atoms with Gasteiger partial charge in [-0.1, -0.05) is 273 Å². The molecule has 0 aliphatic heterocycles. The number of esters is 4. The van der Waals surface area contributed by atoms with Crippen molar-refractivity contribution in [3.8, 4) is 0 Å². The van der Waals surface area contributed by atoms with Crippen LogP contribution < -0.4 is 0 Å². The highest BCUT2D eigenvalue weighted by Crippen LogP contribution is 2.45. The molecule has 0 rings (SSSR count). The molecule has 0 heterocycles. The van der Waals surface area contributed by atoms with E-state index in [1.165, 1.54) is 70.6 Å². The quantitative estimate of drug-likeness (QED) is 0.0169. The molecular weight excluding hydrogens is 1280 g/mol. The lowest BCUT2D eigenvalue weighted by Crippen LogP contribution is -2.30. The molecule has 98 heavy (non-hydrogen) atoms. The third kappa shape index (κ3) is 70.4. The van der Waals surface area contributed by atoms with Gasteiger partial charge in [-0.3, -0.25) is 37.3 Å². The Hall–Kier alpha value is -4.02. The van der Waals surface area contributed by atoms with Gasteiger partial charge in [0.15, 0.2) is 12.2 Å². The number of hydrogen-bond acceptors (Lipinski definition) is 15. The van der Waals surface area contributed by atoms with Gasteiger partial charge < -0.3 is 33.8 Å². The van der Waals surface area contributed by atoms with Crippen LogP contribution in [0.1, 0.15) is 323 Å².